The van der Waals surface area contributed by atoms with Crippen LogP contribution in [0.25, 0.3) is 0 Å². The van der Waals surface area contributed by atoms with Crippen LogP contribution >= 0.6 is 15.9 Å². The average molecular weight is 284 g/mol. The van der Waals surface area contributed by atoms with E-state index in [9.17, 15) is 0 Å². The zero-order chi connectivity index (χ0) is 11.6. The molecule has 16 heavy (non-hydrogen) atoms. The van der Waals surface area contributed by atoms with Gasteiger partial charge in [-0.05, 0) is 37.0 Å². The van der Waals surface area contributed by atoms with E-state index < -0.39 is 0 Å². The number of benzene rings is 1. The molecular formula is C13H18BrNO. The standard InChI is InChI=1S/C13H18BrNO/c1-13(9-16-2)7-11(8-15-13)10-4-3-5-12(14)6-10/h3-6,11,15H,7-9H2,1-2H3. The van der Waals surface area contributed by atoms with E-state index in [0.29, 0.717) is 5.92 Å². The molecule has 2 rings (SSSR count). The van der Waals surface area contributed by atoms with Crippen molar-refractivity contribution in [3.8, 4) is 0 Å². The zero-order valence-electron chi connectivity index (χ0n) is 9.79. The molecule has 0 amide bonds. The topological polar surface area (TPSA) is 21.3 Å². The summed E-state index contributed by atoms with van der Waals surface area (Å²) in [7, 11) is 1.76. The maximum Gasteiger partial charge on any atom is 0.0642 e. The highest BCUT2D eigenvalue weighted by Gasteiger charge is 2.35. The van der Waals surface area contributed by atoms with Crippen molar-refractivity contribution in [3.63, 3.8) is 0 Å². The van der Waals surface area contributed by atoms with Crippen molar-refractivity contribution in [2.45, 2.75) is 24.8 Å². The molecule has 0 aliphatic carbocycles. The summed E-state index contributed by atoms with van der Waals surface area (Å²) in [6, 6.07) is 8.59. The third kappa shape index (κ3) is 2.65. The van der Waals surface area contributed by atoms with E-state index in [-0.39, 0.29) is 5.54 Å². The normalized spacial score (nSPS) is 29.6. The monoisotopic (exact) mass is 283 g/mol. The van der Waals surface area contributed by atoms with Crippen LogP contribution in [-0.2, 0) is 4.74 Å². The Morgan fingerprint density at radius 2 is 2.38 bits per heavy atom. The van der Waals surface area contributed by atoms with Crippen molar-refractivity contribution >= 4 is 15.9 Å². The van der Waals surface area contributed by atoms with Gasteiger partial charge < -0.3 is 10.1 Å². The highest BCUT2D eigenvalue weighted by atomic mass is 79.9. The smallest absolute Gasteiger partial charge is 0.0642 e. The quantitative estimate of drug-likeness (QED) is 0.921. The number of rotatable bonds is 3. The van der Waals surface area contributed by atoms with Gasteiger partial charge >= 0.3 is 0 Å². The lowest BCUT2D eigenvalue weighted by molar-refractivity contribution is 0.129. The molecule has 1 saturated heterocycles. The molecule has 0 spiro atoms. The molecule has 1 aliphatic heterocycles. The summed E-state index contributed by atoms with van der Waals surface area (Å²) >= 11 is 3.52. The SMILES string of the molecule is COCC1(C)CC(c2cccc(Br)c2)CN1. The van der Waals surface area contributed by atoms with Crippen molar-refractivity contribution in [2.24, 2.45) is 0 Å². The third-order valence-electron chi connectivity index (χ3n) is 3.26. The lowest BCUT2D eigenvalue weighted by Gasteiger charge is -2.23. The Labute approximate surface area is 106 Å². The Morgan fingerprint density at radius 1 is 1.56 bits per heavy atom. The van der Waals surface area contributed by atoms with Crippen molar-refractivity contribution in [1.29, 1.82) is 0 Å². The largest absolute Gasteiger partial charge is 0.383 e. The summed E-state index contributed by atoms with van der Waals surface area (Å²) in [5.41, 5.74) is 1.53. The van der Waals surface area contributed by atoms with Crippen LogP contribution in [0, 0.1) is 0 Å². The second-order valence-corrected chi connectivity index (χ2v) is 5.75. The predicted octanol–water partition coefficient (Wildman–Crippen LogP) is 2.93. The van der Waals surface area contributed by atoms with E-state index in [2.05, 4.69) is 52.4 Å². The van der Waals surface area contributed by atoms with Gasteiger partial charge in [0.2, 0.25) is 0 Å². The molecule has 1 heterocycles. The Bertz CT molecular complexity index is 369. The molecule has 1 aromatic carbocycles. The lowest BCUT2D eigenvalue weighted by Crippen LogP contribution is -2.40. The van der Waals surface area contributed by atoms with E-state index in [0.717, 1.165) is 24.0 Å². The van der Waals surface area contributed by atoms with Crippen molar-refractivity contribution in [3.05, 3.63) is 34.3 Å². The minimum atomic E-state index is 0.127. The number of nitrogens with one attached hydrogen (secondary N) is 1. The summed E-state index contributed by atoms with van der Waals surface area (Å²) in [5, 5.41) is 3.56. The van der Waals surface area contributed by atoms with Gasteiger partial charge in [-0.1, -0.05) is 28.1 Å². The van der Waals surface area contributed by atoms with Crippen LogP contribution in [0.3, 0.4) is 0 Å². The van der Waals surface area contributed by atoms with Gasteiger partial charge in [0.05, 0.1) is 6.61 Å². The highest BCUT2D eigenvalue weighted by molar-refractivity contribution is 9.10. The summed E-state index contributed by atoms with van der Waals surface area (Å²) in [4.78, 5) is 0. The molecule has 1 N–H and O–H groups in total. The van der Waals surface area contributed by atoms with E-state index in [1.54, 1.807) is 7.11 Å². The maximum absolute atomic E-state index is 5.26. The van der Waals surface area contributed by atoms with Crippen LogP contribution in [-0.4, -0.2) is 25.8 Å². The van der Waals surface area contributed by atoms with Gasteiger partial charge in [-0.2, -0.15) is 0 Å². The van der Waals surface area contributed by atoms with Crippen molar-refractivity contribution < 1.29 is 4.74 Å². The molecule has 3 heteroatoms. The molecule has 2 atom stereocenters. The van der Waals surface area contributed by atoms with Gasteiger partial charge in [-0.15, -0.1) is 0 Å². The second kappa shape index (κ2) is 4.86. The fourth-order valence-corrected chi connectivity index (χ4v) is 2.90. The Balaban J connectivity index is 2.09. The van der Waals surface area contributed by atoms with Crippen LogP contribution in [0.5, 0.6) is 0 Å². The van der Waals surface area contributed by atoms with E-state index in [1.807, 2.05) is 0 Å². The first-order chi connectivity index (χ1) is 7.63. The molecule has 1 aliphatic rings. The van der Waals surface area contributed by atoms with Gasteiger partial charge in [-0.3, -0.25) is 0 Å². The maximum atomic E-state index is 5.26. The number of ether oxygens (including phenoxy) is 1. The fourth-order valence-electron chi connectivity index (χ4n) is 2.48. The highest BCUT2D eigenvalue weighted by Crippen LogP contribution is 2.32. The number of halogens is 1. The fraction of sp³-hybridized carbons (Fsp3) is 0.538. The summed E-state index contributed by atoms with van der Waals surface area (Å²) in [6.07, 6.45) is 1.14. The number of hydrogen-bond donors (Lipinski definition) is 1. The molecule has 2 unspecified atom stereocenters. The Kier molecular flexibility index (Phi) is 3.67. The zero-order valence-corrected chi connectivity index (χ0v) is 11.4. The molecule has 0 saturated carbocycles. The molecule has 2 nitrogen and oxygen atoms in total. The van der Waals surface area contributed by atoms with Gasteiger partial charge in [0.15, 0.2) is 0 Å². The molecule has 1 fully saturated rings. The first-order valence-electron chi connectivity index (χ1n) is 5.62. The number of hydrogen-bond acceptors (Lipinski definition) is 2. The third-order valence-corrected chi connectivity index (χ3v) is 3.75. The first kappa shape index (κ1) is 12.1. The molecule has 0 bridgehead atoms. The summed E-state index contributed by atoms with van der Waals surface area (Å²) in [6.45, 7) is 4.04. The molecule has 1 aromatic rings. The van der Waals surface area contributed by atoms with Crippen molar-refractivity contribution in [2.75, 3.05) is 20.3 Å². The Hall–Kier alpha value is -0.380. The summed E-state index contributed by atoms with van der Waals surface area (Å²) < 4.78 is 6.42. The van der Waals surface area contributed by atoms with E-state index in [1.165, 1.54) is 5.56 Å². The van der Waals surface area contributed by atoms with Crippen molar-refractivity contribution in [1.82, 2.24) is 5.32 Å². The second-order valence-electron chi connectivity index (χ2n) is 4.83. The predicted molar refractivity (Wildman–Crippen MR) is 69.8 cm³/mol. The minimum Gasteiger partial charge on any atom is -0.383 e. The minimum absolute atomic E-state index is 0.127. The lowest BCUT2D eigenvalue weighted by atomic mass is 9.91. The van der Waals surface area contributed by atoms with Gasteiger partial charge in [0.1, 0.15) is 0 Å². The molecule has 88 valence electrons. The van der Waals surface area contributed by atoms with Gasteiger partial charge in [-0.25, -0.2) is 0 Å². The van der Waals surface area contributed by atoms with Crippen LogP contribution < -0.4 is 5.32 Å². The van der Waals surface area contributed by atoms with Gasteiger partial charge in [0, 0.05) is 23.7 Å². The van der Waals surface area contributed by atoms with Crippen LogP contribution in [0.1, 0.15) is 24.8 Å². The van der Waals surface area contributed by atoms with Crippen LogP contribution in [0.4, 0.5) is 0 Å². The Morgan fingerprint density at radius 3 is 3.06 bits per heavy atom. The number of methoxy groups -OCH3 is 1. The van der Waals surface area contributed by atoms with Gasteiger partial charge in [0.25, 0.3) is 0 Å². The van der Waals surface area contributed by atoms with E-state index in [4.69, 9.17) is 4.74 Å². The van der Waals surface area contributed by atoms with Crippen LogP contribution in [0.2, 0.25) is 0 Å². The molecule has 0 radical (unpaired) electrons. The molecular weight excluding hydrogens is 266 g/mol. The summed E-state index contributed by atoms with van der Waals surface area (Å²) in [5.74, 6) is 0.595. The molecule has 0 aromatic heterocycles. The van der Waals surface area contributed by atoms with Crippen LogP contribution in [0.15, 0.2) is 28.7 Å². The van der Waals surface area contributed by atoms with E-state index >= 15 is 0 Å². The first-order valence-corrected chi connectivity index (χ1v) is 6.42. The average Bonchev–Trinajstić information content (AvgIpc) is 2.61.